The molecule has 1 unspecified atom stereocenters. The van der Waals surface area contributed by atoms with Crippen LogP contribution in [-0.4, -0.2) is 24.8 Å². The van der Waals surface area contributed by atoms with E-state index in [1.54, 1.807) is 6.92 Å². The van der Waals surface area contributed by atoms with Crippen molar-refractivity contribution >= 4 is 5.97 Å². The molecule has 0 heterocycles. The van der Waals surface area contributed by atoms with E-state index >= 15 is 0 Å². The molecule has 1 N–H and O–H groups in total. The van der Waals surface area contributed by atoms with Crippen LogP contribution < -0.4 is 4.74 Å². The Balaban J connectivity index is 2.55. The summed E-state index contributed by atoms with van der Waals surface area (Å²) in [5.74, 6) is 0.438. The van der Waals surface area contributed by atoms with Gasteiger partial charge in [0.15, 0.2) is 0 Å². The van der Waals surface area contributed by atoms with Gasteiger partial charge >= 0.3 is 5.97 Å². The average molecular weight is 252 g/mol. The van der Waals surface area contributed by atoms with Gasteiger partial charge in [0, 0.05) is 12.0 Å². The minimum atomic E-state index is -0.568. The van der Waals surface area contributed by atoms with Crippen molar-refractivity contribution in [2.24, 2.45) is 0 Å². The number of carbonyl (C=O) groups is 1. The normalized spacial score (nSPS) is 12.0. The van der Waals surface area contributed by atoms with Crippen molar-refractivity contribution in [3.05, 3.63) is 29.3 Å². The van der Waals surface area contributed by atoms with E-state index in [1.807, 2.05) is 25.1 Å². The molecule has 0 aromatic heterocycles. The van der Waals surface area contributed by atoms with Gasteiger partial charge in [0.2, 0.25) is 0 Å². The van der Waals surface area contributed by atoms with Crippen molar-refractivity contribution < 1.29 is 19.4 Å². The molecule has 0 fully saturated rings. The molecule has 0 saturated heterocycles. The van der Waals surface area contributed by atoms with Crippen LogP contribution >= 0.6 is 0 Å². The Kier molecular flexibility index (Phi) is 5.65. The minimum Gasteiger partial charge on any atom is -0.493 e. The van der Waals surface area contributed by atoms with E-state index in [9.17, 15) is 9.90 Å². The molecular formula is C14H20O4. The monoisotopic (exact) mass is 252 g/mol. The Morgan fingerprint density at radius 2 is 2.17 bits per heavy atom. The highest BCUT2D eigenvalue weighted by Crippen LogP contribution is 2.26. The van der Waals surface area contributed by atoms with Crippen molar-refractivity contribution in [3.63, 3.8) is 0 Å². The summed E-state index contributed by atoms with van der Waals surface area (Å²) in [6.45, 7) is 4.09. The van der Waals surface area contributed by atoms with Gasteiger partial charge < -0.3 is 14.6 Å². The minimum absolute atomic E-state index is 0.237. The number of ether oxygens (including phenoxy) is 2. The molecule has 0 aliphatic carbocycles. The van der Waals surface area contributed by atoms with Crippen LogP contribution in [0.25, 0.3) is 0 Å². The van der Waals surface area contributed by atoms with Crippen LogP contribution in [-0.2, 0) is 9.53 Å². The number of rotatable bonds is 6. The van der Waals surface area contributed by atoms with Gasteiger partial charge in [0.05, 0.1) is 19.8 Å². The quantitative estimate of drug-likeness (QED) is 0.624. The first-order valence-electron chi connectivity index (χ1n) is 6.03. The second-order valence-electron chi connectivity index (χ2n) is 4.25. The van der Waals surface area contributed by atoms with Crippen molar-refractivity contribution in [2.45, 2.75) is 32.8 Å². The van der Waals surface area contributed by atoms with E-state index in [2.05, 4.69) is 4.74 Å². The summed E-state index contributed by atoms with van der Waals surface area (Å²) in [7, 11) is 1.37. The van der Waals surface area contributed by atoms with Crippen LogP contribution in [0.5, 0.6) is 5.75 Å². The molecule has 1 rings (SSSR count). The zero-order chi connectivity index (χ0) is 13.5. The molecule has 0 aliphatic rings. The van der Waals surface area contributed by atoms with Gasteiger partial charge in [-0.1, -0.05) is 12.1 Å². The summed E-state index contributed by atoms with van der Waals surface area (Å²) in [5.41, 5.74) is 1.83. The number of esters is 1. The highest BCUT2D eigenvalue weighted by molar-refractivity contribution is 5.69. The summed E-state index contributed by atoms with van der Waals surface area (Å²) >= 11 is 0. The molecule has 0 aliphatic heterocycles. The summed E-state index contributed by atoms with van der Waals surface area (Å²) < 4.78 is 10.2. The van der Waals surface area contributed by atoms with Crippen LogP contribution in [0.15, 0.2) is 18.2 Å². The maximum absolute atomic E-state index is 10.9. The van der Waals surface area contributed by atoms with Crippen LogP contribution in [0.3, 0.4) is 0 Å². The zero-order valence-electron chi connectivity index (χ0n) is 11.1. The fourth-order valence-electron chi connectivity index (χ4n) is 1.61. The maximum Gasteiger partial charge on any atom is 0.305 e. The van der Waals surface area contributed by atoms with Crippen LogP contribution in [0.2, 0.25) is 0 Å². The smallest absolute Gasteiger partial charge is 0.305 e. The highest BCUT2D eigenvalue weighted by atomic mass is 16.5. The molecule has 100 valence electrons. The van der Waals surface area contributed by atoms with Crippen molar-refractivity contribution in [2.75, 3.05) is 13.7 Å². The molecular weight excluding hydrogens is 232 g/mol. The summed E-state index contributed by atoms with van der Waals surface area (Å²) in [6, 6.07) is 5.68. The Morgan fingerprint density at radius 3 is 2.78 bits per heavy atom. The molecule has 0 amide bonds. The van der Waals surface area contributed by atoms with Gasteiger partial charge in [-0.05, 0) is 31.9 Å². The van der Waals surface area contributed by atoms with Gasteiger partial charge in [-0.15, -0.1) is 0 Å². The first kappa shape index (κ1) is 14.5. The fourth-order valence-corrected chi connectivity index (χ4v) is 1.61. The van der Waals surface area contributed by atoms with Crippen molar-refractivity contribution in [1.82, 2.24) is 0 Å². The first-order chi connectivity index (χ1) is 8.54. The van der Waals surface area contributed by atoms with Gasteiger partial charge in [0.1, 0.15) is 5.75 Å². The number of carbonyl (C=O) groups excluding carboxylic acids is 1. The molecule has 18 heavy (non-hydrogen) atoms. The molecule has 1 atom stereocenters. The summed E-state index contributed by atoms with van der Waals surface area (Å²) in [5, 5.41) is 9.62. The third-order valence-electron chi connectivity index (χ3n) is 2.63. The van der Waals surface area contributed by atoms with Gasteiger partial charge in [-0.2, -0.15) is 0 Å². The lowest BCUT2D eigenvalue weighted by atomic mass is 10.1. The topological polar surface area (TPSA) is 55.8 Å². The molecule has 0 saturated carbocycles. The van der Waals surface area contributed by atoms with Crippen LogP contribution in [0.4, 0.5) is 0 Å². The SMILES string of the molecule is COC(=O)CCCOc1cc(C)ccc1C(C)O. The lowest BCUT2D eigenvalue weighted by molar-refractivity contribution is -0.140. The Morgan fingerprint density at radius 1 is 1.44 bits per heavy atom. The third-order valence-corrected chi connectivity index (χ3v) is 2.63. The van der Waals surface area contributed by atoms with Gasteiger partial charge in [-0.3, -0.25) is 4.79 Å². The maximum atomic E-state index is 10.9. The average Bonchev–Trinajstić information content (AvgIpc) is 2.34. The molecule has 0 radical (unpaired) electrons. The van der Waals surface area contributed by atoms with E-state index in [1.165, 1.54) is 7.11 Å². The van der Waals surface area contributed by atoms with E-state index in [-0.39, 0.29) is 5.97 Å². The molecule has 1 aromatic rings. The number of aryl methyl sites for hydroxylation is 1. The number of aliphatic hydroxyl groups is 1. The lowest BCUT2D eigenvalue weighted by Gasteiger charge is -2.14. The van der Waals surface area contributed by atoms with Crippen molar-refractivity contribution in [1.29, 1.82) is 0 Å². The first-order valence-corrected chi connectivity index (χ1v) is 6.03. The number of aliphatic hydroxyl groups excluding tert-OH is 1. The second kappa shape index (κ2) is 7.01. The third kappa shape index (κ3) is 4.37. The van der Waals surface area contributed by atoms with Gasteiger partial charge in [-0.25, -0.2) is 0 Å². The molecule has 0 bridgehead atoms. The van der Waals surface area contributed by atoms with Crippen LogP contribution in [0, 0.1) is 6.92 Å². The molecule has 0 spiro atoms. The molecule has 1 aromatic carbocycles. The summed E-state index contributed by atoms with van der Waals surface area (Å²) in [4.78, 5) is 10.9. The zero-order valence-corrected chi connectivity index (χ0v) is 11.1. The molecule has 4 heteroatoms. The predicted octanol–water partition coefficient (Wildman–Crippen LogP) is 2.38. The predicted molar refractivity (Wildman–Crippen MR) is 68.6 cm³/mol. The highest BCUT2D eigenvalue weighted by Gasteiger charge is 2.09. The standard InChI is InChI=1S/C14H20O4/c1-10-6-7-12(11(2)15)13(9-10)18-8-4-5-14(16)17-3/h6-7,9,11,15H,4-5,8H2,1-3H3. The molecule has 4 nitrogen and oxygen atoms in total. The second-order valence-corrected chi connectivity index (χ2v) is 4.25. The number of methoxy groups -OCH3 is 1. The Hall–Kier alpha value is -1.55. The van der Waals surface area contributed by atoms with Crippen molar-refractivity contribution in [3.8, 4) is 5.75 Å². The lowest BCUT2D eigenvalue weighted by Crippen LogP contribution is -2.06. The van der Waals surface area contributed by atoms with E-state index in [0.717, 1.165) is 11.1 Å². The summed E-state index contributed by atoms with van der Waals surface area (Å²) in [6.07, 6.45) is 0.368. The van der Waals surface area contributed by atoms with E-state index in [4.69, 9.17) is 4.74 Å². The Bertz CT molecular complexity index is 399. The number of hydrogen-bond acceptors (Lipinski definition) is 4. The number of benzene rings is 1. The van der Waals surface area contributed by atoms with E-state index < -0.39 is 6.10 Å². The van der Waals surface area contributed by atoms with Crippen LogP contribution in [0.1, 0.15) is 37.0 Å². The fraction of sp³-hybridized carbons (Fsp3) is 0.500. The Labute approximate surface area is 108 Å². The van der Waals surface area contributed by atoms with E-state index in [0.29, 0.717) is 25.2 Å². The number of hydrogen-bond donors (Lipinski definition) is 1. The van der Waals surface area contributed by atoms with Gasteiger partial charge in [0.25, 0.3) is 0 Å². The largest absolute Gasteiger partial charge is 0.493 e.